The predicted molar refractivity (Wildman–Crippen MR) is 229 cm³/mol. The van der Waals surface area contributed by atoms with Crippen molar-refractivity contribution in [3.8, 4) is 55.6 Å². The molecule has 6 nitrogen and oxygen atoms in total. The van der Waals surface area contributed by atoms with Gasteiger partial charge in [0.15, 0.2) is 0 Å². The second-order valence-electron chi connectivity index (χ2n) is 14.5. The zero-order valence-corrected chi connectivity index (χ0v) is 30.3. The molecule has 0 saturated carbocycles. The van der Waals surface area contributed by atoms with E-state index < -0.39 is 0 Å². The van der Waals surface area contributed by atoms with Crippen LogP contribution >= 0.6 is 0 Å². The van der Waals surface area contributed by atoms with Crippen LogP contribution in [0.15, 0.2) is 190 Å². The number of aromatic nitrogens is 3. The second-order valence-corrected chi connectivity index (χ2v) is 14.5. The summed E-state index contributed by atoms with van der Waals surface area (Å²) < 4.78 is 18.3. The van der Waals surface area contributed by atoms with E-state index in [9.17, 15) is 0 Å². The van der Waals surface area contributed by atoms with Crippen LogP contribution < -0.4 is 0 Å². The van der Waals surface area contributed by atoms with Gasteiger partial charge >= 0.3 is 0 Å². The molecule has 12 rings (SSSR count). The third kappa shape index (κ3) is 5.23. The van der Waals surface area contributed by atoms with Crippen LogP contribution in [0.25, 0.3) is 122 Å². The molecule has 0 radical (unpaired) electrons. The summed E-state index contributed by atoms with van der Waals surface area (Å²) in [7, 11) is 0. The minimum atomic E-state index is 0.622. The summed E-state index contributed by atoms with van der Waals surface area (Å²) in [4.78, 5) is 13.4. The molecule has 0 fully saturated rings. The molecule has 0 unspecified atom stereocenters. The third-order valence-electron chi connectivity index (χ3n) is 11.1. The molecule has 57 heavy (non-hydrogen) atoms. The number of nitrogens with zero attached hydrogens (tertiary/aromatic N) is 3. The highest BCUT2D eigenvalue weighted by molar-refractivity contribution is 6.08. The van der Waals surface area contributed by atoms with Gasteiger partial charge in [0, 0.05) is 68.9 Å². The van der Waals surface area contributed by atoms with Crippen LogP contribution in [-0.2, 0) is 0 Å². The van der Waals surface area contributed by atoms with Crippen molar-refractivity contribution in [1.29, 1.82) is 0 Å². The third-order valence-corrected chi connectivity index (χ3v) is 11.1. The molecule has 6 heterocycles. The molecule has 6 aromatic heterocycles. The van der Waals surface area contributed by atoms with Crippen molar-refractivity contribution >= 4 is 65.9 Å². The Kier molecular flexibility index (Phi) is 6.83. The molecule has 6 heteroatoms. The molecule has 12 aromatic rings. The van der Waals surface area contributed by atoms with E-state index in [1.165, 1.54) is 0 Å². The minimum Gasteiger partial charge on any atom is -0.456 e. The lowest BCUT2D eigenvalue weighted by Crippen LogP contribution is -1.84. The van der Waals surface area contributed by atoms with Crippen LogP contribution in [-0.4, -0.2) is 15.0 Å². The summed E-state index contributed by atoms with van der Waals surface area (Å²) in [6.07, 6.45) is 9.15. The van der Waals surface area contributed by atoms with Crippen molar-refractivity contribution in [2.24, 2.45) is 0 Å². The van der Waals surface area contributed by atoms with E-state index in [1.807, 2.05) is 42.9 Å². The molecule has 0 aliphatic heterocycles. The summed E-state index contributed by atoms with van der Waals surface area (Å²) in [5.41, 5.74) is 16.0. The minimum absolute atomic E-state index is 0.622. The van der Waals surface area contributed by atoms with Crippen molar-refractivity contribution in [3.63, 3.8) is 0 Å². The molecule has 0 amide bonds. The number of fused-ring (bicyclic) bond motifs is 9. The number of hydrogen-bond acceptors (Lipinski definition) is 6. The van der Waals surface area contributed by atoms with Crippen molar-refractivity contribution in [2.45, 2.75) is 0 Å². The normalized spacial score (nSPS) is 11.9. The number of hydrogen-bond donors (Lipinski definition) is 0. The number of furan rings is 3. The Hall–Kier alpha value is -7.83. The average molecular weight is 732 g/mol. The first-order chi connectivity index (χ1) is 28.2. The predicted octanol–water partition coefficient (Wildman–Crippen LogP) is 13.9. The van der Waals surface area contributed by atoms with Crippen molar-refractivity contribution < 1.29 is 13.3 Å². The average Bonchev–Trinajstić information content (AvgIpc) is 3.96. The number of benzene rings is 6. The van der Waals surface area contributed by atoms with Gasteiger partial charge in [0.25, 0.3) is 0 Å². The van der Waals surface area contributed by atoms with E-state index in [-0.39, 0.29) is 0 Å². The molecule has 0 aliphatic carbocycles. The van der Waals surface area contributed by atoms with Crippen LogP contribution in [0.5, 0.6) is 0 Å². The van der Waals surface area contributed by atoms with Crippen LogP contribution in [0, 0.1) is 0 Å². The van der Waals surface area contributed by atoms with E-state index in [2.05, 4.69) is 131 Å². The molecule has 6 aromatic carbocycles. The molecule has 0 atom stereocenters. The van der Waals surface area contributed by atoms with Gasteiger partial charge in [-0.2, -0.15) is 0 Å². The first kappa shape index (κ1) is 31.5. The molecule has 0 saturated heterocycles. The van der Waals surface area contributed by atoms with Gasteiger partial charge in [-0.25, -0.2) is 4.98 Å². The molecule has 0 aliphatic rings. The SMILES string of the molecule is c1cc(-c2cccc(-c3ccc4oc5ncc(-c6cccc(-c7ccc8oc9ccncc9c8c7)c6)cc5c4c3)c2)cc(-c2ccc3oc4ccncc4c3c2)c1. The van der Waals surface area contributed by atoms with Crippen LogP contribution in [0.4, 0.5) is 0 Å². The summed E-state index contributed by atoms with van der Waals surface area (Å²) >= 11 is 0. The smallest absolute Gasteiger partial charge is 0.227 e. The molecule has 266 valence electrons. The Morgan fingerprint density at radius 1 is 0.281 bits per heavy atom. The van der Waals surface area contributed by atoms with Crippen LogP contribution in [0.1, 0.15) is 0 Å². The fourth-order valence-electron chi connectivity index (χ4n) is 8.23. The maximum Gasteiger partial charge on any atom is 0.227 e. The lowest BCUT2D eigenvalue weighted by atomic mass is 9.95. The van der Waals surface area contributed by atoms with Crippen molar-refractivity contribution in [3.05, 3.63) is 177 Å². The summed E-state index contributed by atoms with van der Waals surface area (Å²) in [6, 6.07) is 51.1. The lowest BCUT2D eigenvalue weighted by Gasteiger charge is -2.09. The van der Waals surface area contributed by atoms with Gasteiger partial charge in [-0.05, 0) is 123 Å². The zero-order valence-electron chi connectivity index (χ0n) is 30.3. The van der Waals surface area contributed by atoms with E-state index in [0.717, 1.165) is 116 Å². The highest BCUT2D eigenvalue weighted by Gasteiger charge is 2.15. The summed E-state index contributed by atoms with van der Waals surface area (Å²) in [5.74, 6) is 0. The quantitative estimate of drug-likeness (QED) is 0.175. The van der Waals surface area contributed by atoms with Gasteiger partial charge in [-0.3, -0.25) is 9.97 Å². The fraction of sp³-hybridized carbons (Fsp3) is 0. The Labute approximate surface area is 325 Å². The van der Waals surface area contributed by atoms with Crippen molar-refractivity contribution in [2.75, 3.05) is 0 Å². The zero-order chi connectivity index (χ0) is 37.5. The Bertz CT molecular complexity index is 3550. The largest absolute Gasteiger partial charge is 0.456 e. The second kappa shape index (κ2) is 12.3. The van der Waals surface area contributed by atoms with E-state index in [1.54, 1.807) is 12.4 Å². The number of pyridine rings is 3. The first-order valence-electron chi connectivity index (χ1n) is 18.9. The van der Waals surface area contributed by atoms with Gasteiger partial charge in [0.1, 0.15) is 27.9 Å². The van der Waals surface area contributed by atoms with E-state index in [0.29, 0.717) is 5.71 Å². The molecular weight excluding hydrogens is 703 g/mol. The highest BCUT2D eigenvalue weighted by Crippen LogP contribution is 2.38. The maximum absolute atomic E-state index is 6.25. The topological polar surface area (TPSA) is 78.1 Å². The van der Waals surface area contributed by atoms with Gasteiger partial charge in [0.2, 0.25) is 5.71 Å². The lowest BCUT2D eigenvalue weighted by molar-refractivity contribution is 0.654. The molecule has 0 spiro atoms. The molecule has 0 N–H and O–H groups in total. The van der Waals surface area contributed by atoms with Crippen LogP contribution in [0.2, 0.25) is 0 Å². The molecular formula is C51H29N3O3. The van der Waals surface area contributed by atoms with Crippen LogP contribution in [0.3, 0.4) is 0 Å². The van der Waals surface area contributed by atoms with E-state index >= 15 is 0 Å². The Morgan fingerprint density at radius 2 is 0.649 bits per heavy atom. The summed E-state index contributed by atoms with van der Waals surface area (Å²) in [5, 5.41) is 6.17. The molecule has 0 bridgehead atoms. The standard InChI is InChI=1S/C51H29N3O3/c1-4-30(31-5-2-7-33(21-31)37-10-13-46-41(24-37)44-28-52-18-16-49(44)55-46)20-32(6-1)36-12-15-48-40(23-36)43-26-39(27-54-51(43)57-48)35-9-3-8-34(22-35)38-11-14-47-42(25-38)45-29-53-19-17-50(45)56-47/h1-29H. The highest BCUT2D eigenvalue weighted by atomic mass is 16.3. The van der Waals surface area contributed by atoms with Crippen molar-refractivity contribution in [1.82, 2.24) is 15.0 Å². The van der Waals surface area contributed by atoms with E-state index in [4.69, 9.17) is 18.2 Å². The fourth-order valence-corrected chi connectivity index (χ4v) is 8.23. The Balaban J connectivity index is 0.881. The van der Waals surface area contributed by atoms with Gasteiger partial charge in [0.05, 0.1) is 0 Å². The van der Waals surface area contributed by atoms with Gasteiger partial charge < -0.3 is 13.3 Å². The van der Waals surface area contributed by atoms with Gasteiger partial charge in [-0.1, -0.05) is 72.8 Å². The van der Waals surface area contributed by atoms with Gasteiger partial charge in [-0.15, -0.1) is 0 Å². The maximum atomic E-state index is 6.25. The monoisotopic (exact) mass is 731 g/mol. The Morgan fingerprint density at radius 3 is 1.12 bits per heavy atom. The summed E-state index contributed by atoms with van der Waals surface area (Å²) in [6.45, 7) is 0. The first-order valence-corrected chi connectivity index (χ1v) is 18.9. The number of rotatable bonds is 5.